The fraction of sp³-hybridized carbons (Fsp3) is 0.250. The van der Waals surface area contributed by atoms with Gasteiger partial charge in [0.05, 0.1) is 17.9 Å². The normalized spacial score (nSPS) is 17.4. The summed E-state index contributed by atoms with van der Waals surface area (Å²) in [5.74, 6) is 0.679. The van der Waals surface area contributed by atoms with E-state index in [1.165, 1.54) is 29.3 Å². The lowest BCUT2D eigenvalue weighted by Crippen LogP contribution is -2.41. The van der Waals surface area contributed by atoms with E-state index < -0.39 is 17.2 Å². The van der Waals surface area contributed by atoms with Crippen molar-refractivity contribution in [1.29, 1.82) is 0 Å². The molecule has 2 unspecified atom stereocenters. The van der Waals surface area contributed by atoms with Crippen LogP contribution in [0.3, 0.4) is 0 Å². The number of nitrogens with two attached hydrogens (primary N) is 1. The van der Waals surface area contributed by atoms with Gasteiger partial charge < -0.3 is 20.9 Å². The molecule has 3 rings (SSSR count). The van der Waals surface area contributed by atoms with Crippen molar-refractivity contribution in [2.75, 3.05) is 13.1 Å². The van der Waals surface area contributed by atoms with E-state index in [1.807, 2.05) is 18.2 Å². The van der Waals surface area contributed by atoms with Crippen molar-refractivity contribution in [2.24, 2.45) is 10.7 Å². The lowest BCUT2D eigenvalue weighted by molar-refractivity contribution is 0.574. The molecule has 1 aliphatic heterocycles. The first kappa shape index (κ1) is 20.2. The first-order valence-electron chi connectivity index (χ1n) is 8.97. The summed E-state index contributed by atoms with van der Waals surface area (Å²) in [7, 11) is 0. The Balaban J connectivity index is 1.57. The van der Waals surface area contributed by atoms with Gasteiger partial charge in [0.1, 0.15) is 17.7 Å². The third-order valence-corrected chi connectivity index (χ3v) is 5.66. The van der Waals surface area contributed by atoms with Gasteiger partial charge >= 0.3 is 0 Å². The number of guanidine groups is 1. The maximum absolute atomic E-state index is 13.2. The second-order valence-electron chi connectivity index (χ2n) is 6.50. The number of benzene rings is 2. The fourth-order valence-electron chi connectivity index (χ4n) is 2.92. The summed E-state index contributed by atoms with van der Waals surface area (Å²) in [4.78, 5) is 4.88. The van der Waals surface area contributed by atoms with Gasteiger partial charge in [-0.25, -0.2) is 9.38 Å². The molecular formula is C20H24FN5OS. The van der Waals surface area contributed by atoms with Gasteiger partial charge in [0.15, 0.2) is 10.9 Å². The Labute approximate surface area is 167 Å². The molecule has 8 heteroatoms. The topological polar surface area (TPSA) is 97.5 Å². The molecule has 0 aliphatic carbocycles. The Morgan fingerprint density at radius 1 is 1.21 bits per heavy atom. The van der Waals surface area contributed by atoms with E-state index in [0.717, 1.165) is 11.4 Å². The van der Waals surface area contributed by atoms with E-state index in [4.69, 9.17) is 5.73 Å². The van der Waals surface area contributed by atoms with Crippen LogP contribution in [0.4, 0.5) is 4.39 Å². The van der Waals surface area contributed by atoms with Crippen LogP contribution in [0.1, 0.15) is 22.7 Å². The van der Waals surface area contributed by atoms with Crippen LogP contribution < -0.4 is 21.1 Å². The average molecular weight is 402 g/mol. The first-order valence-corrected chi connectivity index (χ1v) is 10.1. The highest BCUT2D eigenvalue weighted by Gasteiger charge is 2.18. The minimum atomic E-state index is -1.47. The standard InChI is InChI=1S/C20H24FN5OS/c1-13-5-3-8-17(14(13)2)18-12-19(26-20(22)25-18)23-9-10-24-28(27)16-7-4-6-15(21)11-16/h3-8,11-12,18,23-24H,9-10H2,1-2H3,(H3,22,25,26). The molecule has 0 saturated carbocycles. The van der Waals surface area contributed by atoms with Crippen molar-refractivity contribution in [3.8, 4) is 0 Å². The van der Waals surface area contributed by atoms with Gasteiger partial charge in [-0.3, -0.25) is 0 Å². The Kier molecular flexibility index (Phi) is 6.56. The van der Waals surface area contributed by atoms with Crippen LogP contribution in [0.15, 0.2) is 64.2 Å². The van der Waals surface area contributed by atoms with Crippen molar-refractivity contribution in [3.63, 3.8) is 0 Å². The highest BCUT2D eigenvalue weighted by Crippen LogP contribution is 2.26. The van der Waals surface area contributed by atoms with Crippen LogP contribution in [0, 0.1) is 19.7 Å². The Morgan fingerprint density at radius 2 is 2.00 bits per heavy atom. The third kappa shape index (κ3) is 5.03. The zero-order valence-electron chi connectivity index (χ0n) is 15.8. The van der Waals surface area contributed by atoms with Crippen molar-refractivity contribution >= 4 is 17.3 Å². The quantitative estimate of drug-likeness (QED) is 0.421. The summed E-state index contributed by atoms with van der Waals surface area (Å²) >= 11 is -1.47. The highest BCUT2D eigenvalue weighted by molar-refractivity contribution is 7.89. The summed E-state index contributed by atoms with van der Waals surface area (Å²) < 4.78 is 28.2. The maximum atomic E-state index is 13.2. The Bertz CT molecular complexity index is 902. The molecule has 2 atom stereocenters. The molecule has 0 fully saturated rings. The average Bonchev–Trinajstić information content (AvgIpc) is 2.67. The molecule has 0 saturated heterocycles. The van der Waals surface area contributed by atoms with Gasteiger partial charge in [0, 0.05) is 12.6 Å². The summed E-state index contributed by atoms with van der Waals surface area (Å²) in [5.41, 5.74) is 9.44. The molecule has 5 N–H and O–H groups in total. The van der Waals surface area contributed by atoms with Crippen molar-refractivity contribution in [2.45, 2.75) is 24.8 Å². The molecular weight excluding hydrogens is 377 g/mol. The number of rotatable bonds is 7. The van der Waals surface area contributed by atoms with Crippen LogP contribution >= 0.6 is 0 Å². The summed E-state index contributed by atoms with van der Waals surface area (Å²) in [6, 6.07) is 11.7. The van der Waals surface area contributed by atoms with E-state index in [-0.39, 0.29) is 6.04 Å². The van der Waals surface area contributed by atoms with Gasteiger partial charge in [-0.2, -0.15) is 0 Å². The number of nitrogens with zero attached hydrogens (tertiary/aromatic N) is 1. The number of aliphatic imine (C=N–C) groups is 1. The summed E-state index contributed by atoms with van der Waals surface area (Å²) in [6.07, 6.45) is 1.97. The molecule has 0 aromatic heterocycles. The molecule has 0 radical (unpaired) electrons. The van der Waals surface area contributed by atoms with E-state index >= 15 is 0 Å². The number of aryl methyl sites for hydroxylation is 1. The molecule has 1 aliphatic rings. The molecule has 0 bridgehead atoms. The molecule has 1 heterocycles. The molecule has 0 spiro atoms. The fourth-order valence-corrected chi connectivity index (χ4v) is 3.80. The zero-order chi connectivity index (χ0) is 20.1. The predicted molar refractivity (Wildman–Crippen MR) is 110 cm³/mol. The van der Waals surface area contributed by atoms with E-state index in [0.29, 0.717) is 23.9 Å². The van der Waals surface area contributed by atoms with Crippen LogP contribution in [0.25, 0.3) is 0 Å². The lowest BCUT2D eigenvalue weighted by atomic mass is 9.97. The minimum absolute atomic E-state index is 0.168. The van der Waals surface area contributed by atoms with E-state index in [9.17, 15) is 8.94 Å². The Hall–Kier alpha value is -2.55. The van der Waals surface area contributed by atoms with Crippen LogP contribution in [-0.2, 0) is 11.4 Å². The summed E-state index contributed by atoms with van der Waals surface area (Å²) in [6.45, 7) is 5.07. The number of hydrogen-bond donors (Lipinski definition) is 4. The number of nitrogens with one attached hydrogen (secondary N) is 3. The van der Waals surface area contributed by atoms with Crippen LogP contribution in [0.5, 0.6) is 0 Å². The molecule has 0 amide bonds. The SMILES string of the molecule is Cc1cccc(C2C=C(NCCN[S+]([O-])c3cccc(F)c3)NC(N)=N2)c1C. The molecule has 2 aromatic carbocycles. The first-order chi connectivity index (χ1) is 13.4. The monoisotopic (exact) mass is 401 g/mol. The van der Waals surface area contributed by atoms with Crippen molar-refractivity contribution in [3.05, 3.63) is 76.9 Å². The van der Waals surface area contributed by atoms with Crippen molar-refractivity contribution < 1.29 is 8.94 Å². The Morgan fingerprint density at radius 3 is 2.79 bits per heavy atom. The molecule has 6 nitrogen and oxygen atoms in total. The van der Waals surface area contributed by atoms with Gasteiger partial charge in [-0.15, -0.1) is 4.72 Å². The van der Waals surface area contributed by atoms with Gasteiger partial charge in [-0.05, 0) is 48.7 Å². The third-order valence-electron chi connectivity index (χ3n) is 4.51. The van der Waals surface area contributed by atoms with Gasteiger partial charge in [0.2, 0.25) is 0 Å². The summed E-state index contributed by atoms with van der Waals surface area (Å²) in [5, 5.41) is 6.22. The van der Waals surface area contributed by atoms with Crippen LogP contribution in [-0.4, -0.2) is 23.6 Å². The predicted octanol–water partition coefficient (Wildman–Crippen LogP) is 2.14. The lowest BCUT2D eigenvalue weighted by Gasteiger charge is -2.23. The van der Waals surface area contributed by atoms with Gasteiger partial charge in [-0.1, -0.05) is 24.3 Å². The minimum Gasteiger partial charge on any atom is -0.593 e. The molecule has 148 valence electrons. The highest BCUT2D eigenvalue weighted by atomic mass is 32.2. The number of hydrogen-bond acceptors (Lipinski definition) is 6. The molecule has 28 heavy (non-hydrogen) atoms. The zero-order valence-corrected chi connectivity index (χ0v) is 16.6. The number of halogens is 1. The second kappa shape index (κ2) is 9.09. The largest absolute Gasteiger partial charge is 0.593 e. The van der Waals surface area contributed by atoms with Gasteiger partial charge in [0.25, 0.3) is 0 Å². The smallest absolute Gasteiger partial charge is 0.195 e. The van der Waals surface area contributed by atoms with Crippen LogP contribution in [0.2, 0.25) is 0 Å². The molecule has 2 aromatic rings. The van der Waals surface area contributed by atoms with Crippen molar-refractivity contribution in [1.82, 2.24) is 15.4 Å². The van der Waals surface area contributed by atoms with E-state index in [2.05, 4.69) is 40.3 Å². The second-order valence-corrected chi connectivity index (χ2v) is 7.80. The maximum Gasteiger partial charge on any atom is 0.195 e. The van der Waals surface area contributed by atoms with E-state index in [1.54, 1.807) is 6.07 Å².